The van der Waals surface area contributed by atoms with E-state index in [9.17, 15) is 0 Å². The molecule has 1 aromatic rings. The predicted molar refractivity (Wildman–Crippen MR) is 53.8 cm³/mol. The van der Waals surface area contributed by atoms with Crippen LogP contribution in [-0.2, 0) is 12.8 Å². The van der Waals surface area contributed by atoms with Crippen molar-refractivity contribution in [2.24, 2.45) is 5.41 Å². The zero-order valence-electron chi connectivity index (χ0n) is 8.59. The van der Waals surface area contributed by atoms with Crippen LogP contribution in [0.25, 0.3) is 0 Å². The zero-order valence-corrected chi connectivity index (χ0v) is 8.59. The van der Waals surface area contributed by atoms with Crippen molar-refractivity contribution >= 4 is 0 Å². The second kappa shape index (κ2) is 2.44. The average molecular weight is 190 g/mol. The molecule has 0 saturated carbocycles. The molecular weight excluding hydrogens is 176 g/mol. The lowest BCUT2D eigenvalue weighted by Gasteiger charge is -2.14. The maximum Gasteiger partial charge on any atom is 0.231 e. The maximum absolute atomic E-state index is 5.37. The summed E-state index contributed by atoms with van der Waals surface area (Å²) in [4.78, 5) is 0. The van der Waals surface area contributed by atoms with Crippen molar-refractivity contribution in [3.63, 3.8) is 0 Å². The number of fused-ring (bicyclic) bond motifs is 2. The molecule has 1 aromatic carbocycles. The van der Waals surface area contributed by atoms with E-state index in [0.29, 0.717) is 12.2 Å². The Kier molecular flexibility index (Phi) is 1.42. The van der Waals surface area contributed by atoms with Gasteiger partial charge in [0.2, 0.25) is 6.79 Å². The second-order valence-corrected chi connectivity index (χ2v) is 4.99. The third-order valence-corrected chi connectivity index (χ3v) is 3.03. The summed E-state index contributed by atoms with van der Waals surface area (Å²) in [6.07, 6.45) is 2.30. The van der Waals surface area contributed by atoms with Gasteiger partial charge in [0.1, 0.15) is 0 Å². The molecule has 0 radical (unpaired) electrons. The largest absolute Gasteiger partial charge is 0.454 e. The van der Waals surface area contributed by atoms with E-state index in [0.717, 1.165) is 24.3 Å². The molecule has 1 heterocycles. The Labute approximate surface area is 83.8 Å². The van der Waals surface area contributed by atoms with Gasteiger partial charge in [0.15, 0.2) is 11.5 Å². The van der Waals surface area contributed by atoms with Gasteiger partial charge >= 0.3 is 0 Å². The first-order valence-electron chi connectivity index (χ1n) is 5.05. The van der Waals surface area contributed by atoms with E-state index in [1.165, 1.54) is 11.1 Å². The molecule has 0 bridgehead atoms. The van der Waals surface area contributed by atoms with Crippen molar-refractivity contribution < 1.29 is 9.47 Å². The molecule has 0 unspecified atom stereocenters. The minimum Gasteiger partial charge on any atom is -0.454 e. The summed E-state index contributed by atoms with van der Waals surface area (Å²) in [5, 5.41) is 0. The molecule has 0 fully saturated rings. The summed E-state index contributed by atoms with van der Waals surface area (Å²) in [5.41, 5.74) is 3.26. The molecule has 1 aliphatic heterocycles. The Hall–Kier alpha value is -1.18. The van der Waals surface area contributed by atoms with Crippen molar-refractivity contribution in [3.8, 4) is 11.5 Å². The van der Waals surface area contributed by atoms with Crippen LogP contribution in [0, 0.1) is 5.41 Å². The fraction of sp³-hybridized carbons (Fsp3) is 0.500. The van der Waals surface area contributed by atoms with Gasteiger partial charge in [-0.3, -0.25) is 0 Å². The molecule has 0 saturated heterocycles. The third kappa shape index (κ3) is 1.10. The number of hydrogen-bond donors (Lipinski definition) is 0. The van der Waals surface area contributed by atoms with Gasteiger partial charge in [0, 0.05) is 0 Å². The number of benzene rings is 1. The van der Waals surface area contributed by atoms with Crippen LogP contribution in [0.2, 0.25) is 0 Å². The quantitative estimate of drug-likeness (QED) is 0.626. The molecule has 3 rings (SSSR count). The monoisotopic (exact) mass is 190 g/mol. The van der Waals surface area contributed by atoms with E-state index in [-0.39, 0.29) is 0 Å². The van der Waals surface area contributed by atoms with E-state index in [1.54, 1.807) is 0 Å². The molecule has 2 heteroatoms. The Balaban J connectivity index is 2.08. The van der Waals surface area contributed by atoms with Gasteiger partial charge in [-0.1, -0.05) is 13.8 Å². The molecule has 74 valence electrons. The van der Waals surface area contributed by atoms with E-state index >= 15 is 0 Å². The maximum atomic E-state index is 5.37. The van der Waals surface area contributed by atoms with Crippen molar-refractivity contribution in [1.82, 2.24) is 0 Å². The predicted octanol–water partition coefficient (Wildman–Crippen LogP) is 2.54. The van der Waals surface area contributed by atoms with Crippen LogP contribution >= 0.6 is 0 Å². The highest BCUT2D eigenvalue weighted by atomic mass is 16.7. The van der Waals surface area contributed by atoms with Crippen molar-refractivity contribution in [3.05, 3.63) is 23.3 Å². The Bertz CT molecular complexity index is 359. The molecule has 0 aromatic heterocycles. The van der Waals surface area contributed by atoms with Gasteiger partial charge in [-0.05, 0) is 41.5 Å². The summed E-state index contributed by atoms with van der Waals surface area (Å²) >= 11 is 0. The first kappa shape index (κ1) is 8.16. The first-order valence-corrected chi connectivity index (χ1v) is 5.05. The van der Waals surface area contributed by atoms with Gasteiger partial charge in [0.05, 0.1) is 0 Å². The fourth-order valence-electron chi connectivity index (χ4n) is 2.45. The van der Waals surface area contributed by atoms with Crippen LogP contribution < -0.4 is 9.47 Å². The standard InChI is InChI=1S/C12H14O2/c1-12(2)5-8-3-10-11(14-7-13-10)4-9(8)6-12/h3-4H,5-7H2,1-2H3. The minimum atomic E-state index is 0.377. The minimum absolute atomic E-state index is 0.377. The lowest BCUT2D eigenvalue weighted by Crippen LogP contribution is -2.09. The SMILES string of the molecule is CC1(C)Cc2cc3c(cc2C1)OCO3. The van der Waals surface area contributed by atoms with Gasteiger partial charge in [0.25, 0.3) is 0 Å². The number of ether oxygens (including phenoxy) is 2. The third-order valence-electron chi connectivity index (χ3n) is 3.03. The van der Waals surface area contributed by atoms with Crippen LogP contribution in [0.15, 0.2) is 12.1 Å². The Morgan fingerprint density at radius 1 is 1.00 bits per heavy atom. The molecular formula is C12H14O2. The highest BCUT2D eigenvalue weighted by Crippen LogP contribution is 2.43. The van der Waals surface area contributed by atoms with Crippen molar-refractivity contribution in [1.29, 1.82) is 0 Å². The number of hydrogen-bond acceptors (Lipinski definition) is 2. The van der Waals surface area contributed by atoms with Gasteiger partial charge in [-0.25, -0.2) is 0 Å². The van der Waals surface area contributed by atoms with Crippen LogP contribution in [-0.4, -0.2) is 6.79 Å². The summed E-state index contributed by atoms with van der Waals surface area (Å²) in [7, 11) is 0. The number of rotatable bonds is 0. The Morgan fingerprint density at radius 2 is 1.50 bits per heavy atom. The van der Waals surface area contributed by atoms with E-state index < -0.39 is 0 Å². The summed E-state index contributed by atoms with van der Waals surface area (Å²) in [5.74, 6) is 1.84. The molecule has 2 nitrogen and oxygen atoms in total. The zero-order chi connectivity index (χ0) is 9.76. The second-order valence-electron chi connectivity index (χ2n) is 4.99. The highest BCUT2D eigenvalue weighted by molar-refractivity contribution is 5.50. The highest BCUT2D eigenvalue weighted by Gasteiger charge is 2.30. The summed E-state index contributed by atoms with van der Waals surface area (Å²) in [6.45, 7) is 4.99. The normalized spacial score (nSPS) is 21.0. The van der Waals surface area contributed by atoms with E-state index in [4.69, 9.17) is 9.47 Å². The molecule has 1 aliphatic carbocycles. The lowest BCUT2D eigenvalue weighted by atomic mass is 9.90. The van der Waals surface area contributed by atoms with Gasteiger partial charge < -0.3 is 9.47 Å². The van der Waals surface area contributed by atoms with Crippen LogP contribution in [0.4, 0.5) is 0 Å². The fourth-order valence-corrected chi connectivity index (χ4v) is 2.45. The molecule has 0 N–H and O–H groups in total. The van der Waals surface area contributed by atoms with E-state index in [1.807, 2.05) is 0 Å². The topological polar surface area (TPSA) is 18.5 Å². The summed E-state index contributed by atoms with van der Waals surface area (Å²) < 4.78 is 10.7. The van der Waals surface area contributed by atoms with Crippen LogP contribution in [0.3, 0.4) is 0 Å². The van der Waals surface area contributed by atoms with Crippen molar-refractivity contribution in [2.45, 2.75) is 26.7 Å². The average Bonchev–Trinajstić information content (AvgIpc) is 2.59. The Morgan fingerprint density at radius 3 is 2.00 bits per heavy atom. The lowest BCUT2D eigenvalue weighted by molar-refractivity contribution is 0.174. The van der Waals surface area contributed by atoms with Gasteiger partial charge in [-0.2, -0.15) is 0 Å². The molecule has 0 amide bonds. The molecule has 14 heavy (non-hydrogen) atoms. The first-order chi connectivity index (χ1) is 6.64. The smallest absolute Gasteiger partial charge is 0.231 e. The molecule has 0 spiro atoms. The van der Waals surface area contributed by atoms with E-state index in [2.05, 4.69) is 26.0 Å². The molecule has 0 atom stereocenters. The van der Waals surface area contributed by atoms with Crippen LogP contribution in [0.1, 0.15) is 25.0 Å². The summed E-state index contributed by atoms with van der Waals surface area (Å²) in [6, 6.07) is 4.29. The molecule has 2 aliphatic rings. The van der Waals surface area contributed by atoms with Gasteiger partial charge in [-0.15, -0.1) is 0 Å². The van der Waals surface area contributed by atoms with Crippen LogP contribution in [0.5, 0.6) is 11.5 Å². The van der Waals surface area contributed by atoms with Crippen molar-refractivity contribution in [2.75, 3.05) is 6.79 Å².